The number of anilines is 1. The van der Waals surface area contributed by atoms with E-state index in [0.29, 0.717) is 32.7 Å². The van der Waals surface area contributed by atoms with E-state index < -0.39 is 14.1 Å². The number of nitrogens with two attached hydrogens (primary N) is 1. The second-order valence-electron chi connectivity index (χ2n) is 9.44. The molecular formula is C20H30N6O4Si. The molecule has 4 heterocycles. The van der Waals surface area contributed by atoms with Crippen LogP contribution in [0, 0.1) is 5.92 Å². The van der Waals surface area contributed by atoms with Gasteiger partial charge in [-0.3, -0.25) is 10.1 Å². The Labute approximate surface area is 182 Å². The zero-order chi connectivity index (χ0) is 22.2. The smallest absolute Gasteiger partial charge is 0.318 e. The molecule has 10 nitrogen and oxygen atoms in total. The number of amides is 3. The van der Waals surface area contributed by atoms with Crippen molar-refractivity contribution in [3.63, 3.8) is 0 Å². The molecule has 0 radical (unpaired) electrons. The van der Waals surface area contributed by atoms with Crippen molar-refractivity contribution in [3.05, 3.63) is 12.5 Å². The van der Waals surface area contributed by atoms with E-state index >= 15 is 0 Å². The van der Waals surface area contributed by atoms with E-state index in [4.69, 9.17) is 15.2 Å². The van der Waals surface area contributed by atoms with Crippen molar-refractivity contribution in [1.29, 1.82) is 0 Å². The monoisotopic (exact) mass is 446 g/mol. The minimum atomic E-state index is -1.14. The van der Waals surface area contributed by atoms with Crippen molar-refractivity contribution in [2.75, 3.05) is 24.7 Å². The molecule has 1 unspecified atom stereocenters. The fraction of sp³-hybridized carbons (Fsp3) is 0.600. The van der Waals surface area contributed by atoms with Gasteiger partial charge in [-0.05, 0) is 18.9 Å². The number of aromatic nitrogens is 3. The summed E-state index contributed by atoms with van der Waals surface area (Å²) in [4.78, 5) is 34.5. The Balaban J connectivity index is 1.52. The Bertz CT molecular complexity index is 988. The lowest BCUT2D eigenvalue weighted by Gasteiger charge is -2.38. The molecule has 2 aromatic heterocycles. The van der Waals surface area contributed by atoms with Crippen LogP contribution in [0.5, 0.6) is 5.75 Å². The summed E-state index contributed by atoms with van der Waals surface area (Å²) in [6.07, 6.45) is 4.66. The molecule has 3 amide bonds. The molecule has 4 rings (SSSR count). The number of imide groups is 1. The number of ether oxygens (including phenoxy) is 2. The Morgan fingerprint density at radius 3 is 2.90 bits per heavy atom. The molecule has 0 bridgehead atoms. The molecule has 1 saturated heterocycles. The average Bonchev–Trinajstić information content (AvgIpc) is 2.97. The van der Waals surface area contributed by atoms with Crippen LogP contribution in [0.25, 0.3) is 11.0 Å². The van der Waals surface area contributed by atoms with Gasteiger partial charge in [0.25, 0.3) is 0 Å². The molecule has 11 heteroatoms. The summed E-state index contributed by atoms with van der Waals surface area (Å²) >= 11 is 0. The van der Waals surface area contributed by atoms with Gasteiger partial charge in [-0.15, -0.1) is 0 Å². The predicted molar refractivity (Wildman–Crippen MR) is 119 cm³/mol. The molecule has 0 aliphatic carbocycles. The summed E-state index contributed by atoms with van der Waals surface area (Å²) in [5, 5.41) is 3.07. The van der Waals surface area contributed by atoms with Gasteiger partial charge in [-0.1, -0.05) is 19.6 Å². The van der Waals surface area contributed by atoms with Crippen LogP contribution >= 0.6 is 0 Å². The molecule has 0 spiro atoms. The second-order valence-corrected chi connectivity index (χ2v) is 15.1. The molecular weight excluding hydrogens is 416 g/mol. The van der Waals surface area contributed by atoms with E-state index in [9.17, 15) is 9.59 Å². The van der Waals surface area contributed by atoms with Crippen LogP contribution in [-0.2, 0) is 16.3 Å². The Morgan fingerprint density at radius 2 is 2.16 bits per heavy atom. The van der Waals surface area contributed by atoms with Gasteiger partial charge in [-0.25, -0.2) is 14.8 Å². The van der Waals surface area contributed by atoms with Crippen LogP contribution < -0.4 is 20.7 Å². The van der Waals surface area contributed by atoms with Crippen molar-refractivity contribution in [1.82, 2.24) is 19.9 Å². The first-order valence-electron chi connectivity index (χ1n) is 10.6. The molecule has 2 aromatic rings. The van der Waals surface area contributed by atoms with Gasteiger partial charge in [0.2, 0.25) is 5.91 Å². The van der Waals surface area contributed by atoms with E-state index in [-0.39, 0.29) is 17.9 Å². The highest BCUT2D eigenvalue weighted by atomic mass is 28.3. The second kappa shape index (κ2) is 8.46. The quantitative estimate of drug-likeness (QED) is 0.513. The Hall–Kier alpha value is -2.66. The van der Waals surface area contributed by atoms with Gasteiger partial charge in [0.05, 0.1) is 12.2 Å². The lowest BCUT2D eigenvalue weighted by Crippen LogP contribution is -2.50. The number of fused-ring (bicyclic) bond motifs is 2. The van der Waals surface area contributed by atoms with Gasteiger partial charge >= 0.3 is 6.03 Å². The number of urea groups is 1. The molecule has 2 atom stereocenters. The zero-order valence-electron chi connectivity index (χ0n) is 18.3. The normalized spacial score (nSPS) is 20.7. The Morgan fingerprint density at radius 1 is 1.35 bits per heavy atom. The average molecular weight is 447 g/mol. The van der Waals surface area contributed by atoms with Crippen molar-refractivity contribution in [3.8, 4) is 5.75 Å². The maximum atomic E-state index is 12.2. The molecule has 0 aromatic carbocycles. The zero-order valence-corrected chi connectivity index (χ0v) is 19.3. The molecule has 2 aliphatic heterocycles. The summed E-state index contributed by atoms with van der Waals surface area (Å²) in [5.41, 5.74) is 5.88. The first kappa shape index (κ1) is 21.6. The number of hydrogen-bond acceptors (Lipinski definition) is 7. The third-order valence-corrected chi connectivity index (χ3v) is 7.57. The lowest BCUT2D eigenvalue weighted by atomic mass is 9.90. The van der Waals surface area contributed by atoms with E-state index in [1.165, 1.54) is 0 Å². The van der Waals surface area contributed by atoms with Crippen molar-refractivity contribution < 1.29 is 19.1 Å². The summed E-state index contributed by atoms with van der Waals surface area (Å²) in [6, 6.07) is 0.263. The number of primary amides is 1. The number of hydrogen-bond donors (Lipinski definition) is 2. The van der Waals surface area contributed by atoms with E-state index in [0.717, 1.165) is 35.3 Å². The van der Waals surface area contributed by atoms with Crippen molar-refractivity contribution >= 4 is 36.9 Å². The fourth-order valence-electron chi connectivity index (χ4n) is 4.18. The van der Waals surface area contributed by atoms with Crippen LogP contribution in [-0.4, -0.2) is 60.3 Å². The van der Waals surface area contributed by atoms with Crippen molar-refractivity contribution in [2.24, 2.45) is 11.7 Å². The first-order valence-corrected chi connectivity index (χ1v) is 14.3. The standard InChI is InChI=1S/C20H30N6O4Si/c1-31(2,3)7-6-29-12-25-9-15-16-17(25)22-11-23-18(16)26-5-4-13(8-14(26)10-30-15)19(27)24-20(21)28/h9,11,13-14H,4-8,10,12H2,1-3H3,(H3,21,24,27,28)/t13?,14-/m0/s1. The van der Waals surface area contributed by atoms with Crippen LogP contribution in [0.2, 0.25) is 25.7 Å². The minimum Gasteiger partial charge on any atom is -0.489 e. The van der Waals surface area contributed by atoms with Crippen LogP contribution in [0.1, 0.15) is 12.8 Å². The number of carbonyl (C=O) groups is 2. The van der Waals surface area contributed by atoms with Gasteiger partial charge < -0.3 is 24.7 Å². The Kier molecular flexibility index (Phi) is 5.89. The van der Waals surface area contributed by atoms with Gasteiger partial charge in [0, 0.05) is 27.1 Å². The number of nitrogens with one attached hydrogen (secondary N) is 1. The summed E-state index contributed by atoms with van der Waals surface area (Å²) in [7, 11) is -1.14. The SMILES string of the molecule is C[Si](C)(C)CCOCn1cc2c3c(ncnc31)N1CCC(C(=O)NC(N)=O)C[C@H]1CO2. The van der Waals surface area contributed by atoms with Gasteiger partial charge in [0.1, 0.15) is 36.6 Å². The highest BCUT2D eigenvalue weighted by Crippen LogP contribution is 2.40. The summed E-state index contributed by atoms with van der Waals surface area (Å²) in [5.74, 6) is 0.931. The predicted octanol–water partition coefficient (Wildman–Crippen LogP) is 1.92. The lowest BCUT2D eigenvalue weighted by molar-refractivity contribution is -0.124. The topological polar surface area (TPSA) is 125 Å². The third kappa shape index (κ3) is 4.66. The molecule has 0 saturated carbocycles. The maximum absolute atomic E-state index is 12.2. The largest absolute Gasteiger partial charge is 0.489 e. The van der Waals surface area contributed by atoms with Crippen LogP contribution in [0.3, 0.4) is 0 Å². The number of rotatable bonds is 6. The van der Waals surface area contributed by atoms with E-state index in [1.54, 1.807) is 6.33 Å². The fourth-order valence-corrected chi connectivity index (χ4v) is 4.93. The summed E-state index contributed by atoms with van der Waals surface area (Å²) in [6.45, 7) is 9.19. The molecule has 31 heavy (non-hydrogen) atoms. The first-order chi connectivity index (χ1) is 14.7. The van der Waals surface area contributed by atoms with Crippen LogP contribution in [0.15, 0.2) is 12.5 Å². The van der Waals surface area contributed by atoms with Crippen molar-refractivity contribution in [2.45, 2.75) is 51.3 Å². The van der Waals surface area contributed by atoms with Crippen LogP contribution in [0.4, 0.5) is 10.6 Å². The number of nitrogens with zero attached hydrogens (tertiary/aromatic N) is 4. The third-order valence-electron chi connectivity index (χ3n) is 5.86. The molecule has 1 fully saturated rings. The molecule has 168 valence electrons. The molecule has 3 N–H and O–H groups in total. The highest BCUT2D eigenvalue weighted by molar-refractivity contribution is 6.76. The number of carbonyl (C=O) groups excluding carboxylic acids is 2. The summed E-state index contributed by atoms with van der Waals surface area (Å²) < 4.78 is 14.0. The van der Waals surface area contributed by atoms with Gasteiger partial charge in [0.15, 0.2) is 5.65 Å². The number of piperidine rings is 1. The minimum absolute atomic E-state index is 0.0238. The van der Waals surface area contributed by atoms with E-state index in [1.807, 2.05) is 10.8 Å². The highest BCUT2D eigenvalue weighted by Gasteiger charge is 2.37. The van der Waals surface area contributed by atoms with E-state index in [2.05, 4.69) is 39.8 Å². The molecule has 2 aliphatic rings. The van der Waals surface area contributed by atoms with Gasteiger partial charge in [-0.2, -0.15) is 0 Å². The maximum Gasteiger partial charge on any atom is 0.318 e.